The van der Waals surface area contributed by atoms with Gasteiger partial charge in [0.1, 0.15) is 0 Å². The number of halogens is 1. The average Bonchev–Trinajstić information content (AvgIpc) is 2.03. The highest BCUT2D eigenvalue weighted by Gasteiger charge is 1.97. The van der Waals surface area contributed by atoms with Gasteiger partial charge in [-0.1, -0.05) is 23.7 Å². The van der Waals surface area contributed by atoms with Gasteiger partial charge in [0.15, 0.2) is 5.75 Å². The van der Waals surface area contributed by atoms with Gasteiger partial charge >= 0.3 is 0 Å². The fraction of sp³-hybridized carbons (Fsp3) is 0. The molecule has 0 aliphatic carbocycles. The second kappa shape index (κ2) is 3.83. The summed E-state index contributed by atoms with van der Waals surface area (Å²) in [5, 5.41) is 0.460. The number of hydrogen-bond acceptors (Lipinski definition) is 2. The Morgan fingerprint density at radius 3 is 2.82 bits per heavy atom. The van der Waals surface area contributed by atoms with Crippen molar-refractivity contribution in [3.05, 3.63) is 29.3 Å². The number of amides is 1. The van der Waals surface area contributed by atoms with E-state index in [-0.39, 0.29) is 0 Å². The van der Waals surface area contributed by atoms with Crippen molar-refractivity contribution in [1.82, 2.24) is 5.48 Å². The lowest BCUT2D eigenvalue weighted by Gasteiger charge is -2.02. The lowest BCUT2D eigenvalue weighted by atomic mass is 10.3. The molecule has 58 valence electrons. The number of nitrogens with one attached hydrogen (secondary N) is 1. The first kappa shape index (κ1) is 7.88. The van der Waals surface area contributed by atoms with Crippen LogP contribution in [0.4, 0.5) is 0 Å². The molecule has 0 aliphatic rings. The monoisotopic (exact) mass is 171 g/mol. The molecule has 0 heterocycles. The number of carbonyl (C=O) groups excluding carboxylic acids is 1. The molecule has 1 amide bonds. The van der Waals surface area contributed by atoms with Gasteiger partial charge in [0, 0.05) is 0 Å². The minimum Gasteiger partial charge on any atom is -0.378 e. The molecule has 0 aliphatic heterocycles. The Hall–Kier alpha value is -1.22. The van der Waals surface area contributed by atoms with Gasteiger partial charge in [-0.05, 0) is 12.1 Å². The molecule has 0 saturated heterocycles. The summed E-state index contributed by atoms with van der Waals surface area (Å²) in [5.41, 5.74) is 2.04. The van der Waals surface area contributed by atoms with Crippen LogP contribution < -0.4 is 10.3 Å². The highest BCUT2D eigenvalue weighted by molar-refractivity contribution is 6.32. The fourth-order valence-electron chi connectivity index (χ4n) is 0.615. The van der Waals surface area contributed by atoms with Crippen molar-refractivity contribution in [3.63, 3.8) is 0 Å². The summed E-state index contributed by atoms with van der Waals surface area (Å²) in [6.07, 6.45) is 0.434. The largest absolute Gasteiger partial charge is 0.378 e. The normalized spacial score (nSPS) is 8.82. The van der Waals surface area contributed by atoms with Crippen molar-refractivity contribution in [2.45, 2.75) is 0 Å². The van der Waals surface area contributed by atoms with Crippen LogP contribution in [0.1, 0.15) is 0 Å². The molecule has 0 radical (unpaired) electrons. The second-order valence-electron chi connectivity index (χ2n) is 1.77. The number of carbonyl (C=O) groups is 1. The van der Waals surface area contributed by atoms with Gasteiger partial charge in [0.2, 0.25) is 6.41 Å². The molecule has 1 aromatic carbocycles. The third-order valence-electron chi connectivity index (χ3n) is 1.05. The molecular weight excluding hydrogens is 166 g/mol. The van der Waals surface area contributed by atoms with E-state index in [1.165, 1.54) is 0 Å². The third-order valence-corrected chi connectivity index (χ3v) is 1.37. The van der Waals surface area contributed by atoms with Gasteiger partial charge in [0.05, 0.1) is 5.02 Å². The number of hydroxylamine groups is 1. The van der Waals surface area contributed by atoms with Crippen LogP contribution in [0.15, 0.2) is 24.3 Å². The summed E-state index contributed by atoms with van der Waals surface area (Å²) < 4.78 is 0. The Kier molecular flexibility index (Phi) is 2.74. The highest BCUT2D eigenvalue weighted by atomic mass is 35.5. The van der Waals surface area contributed by atoms with E-state index in [2.05, 4.69) is 0 Å². The minimum absolute atomic E-state index is 0.432. The van der Waals surface area contributed by atoms with Gasteiger partial charge < -0.3 is 4.84 Å². The topological polar surface area (TPSA) is 38.3 Å². The summed E-state index contributed by atoms with van der Waals surface area (Å²) in [6.45, 7) is 0. The van der Waals surface area contributed by atoms with E-state index in [0.29, 0.717) is 17.2 Å². The van der Waals surface area contributed by atoms with E-state index >= 15 is 0 Å². The summed E-state index contributed by atoms with van der Waals surface area (Å²) in [6, 6.07) is 6.85. The number of benzene rings is 1. The summed E-state index contributed by atoms with van der Waals surface area (Å²) in [5.74, 6) is 0.432. The van der Waals surface area contributed by atoms with Crippen LogP contribution in [0, 0.1) is 0 Å². The van der Waals surface area contributed by atoms with Gasteiger partial charge in [-0.25, -0.2) is 0 Å². The van der Waals surface area contributed by atoms with Gasteiger partial charge in [-0.15, -0.1) is 0 Å². The zero-order chi connectivity index (χ0) is 8.10. The van der Waals surface area contributed by atoms with Gasteiger partial charge in [-0.2, -0.15) is 5.48 Å². The lowest BCUT2D eigenvalue weighted by molar-refractivity contribution is -0.115. The standard InChI is InChI=1S/C7H6ClNO2/c8-6-3-1-2-4-7(6)11-9-5-10/h1-5H,(H,9,10). The molecule has 1 N–H and O–H groups in total. The number of hydrogen-bond donors (Lipinski definition) is 1. The highest BCUT2D eigenvalue weighted by Crippen LogP contribution is 2.21. The van der Waals surface area contributed by atoms with Crippen LogP contribution in [0.5, 0.6) is 5.75 Å². The van der Waals surface area contributed by atoms with Crippen LogP contribution in [0.2, 0.25) is 5.02 Å². The predicted octanol–water partition coefficient (Wildman–Crippen LogP) is 1.38. The van der Waals surface area contributed by atoms with E-state index in [9.17, 15) is 4.79 Å². The summed E-state index contributed by atoms with van der Waals surface area (Å²) in [4.78, 5) is 14.5. The maximum Gasteiger partial charge on any atom is 0.239 e. The number of rotatable bonds is 3. The Labute approximate surface area is 68.9 Å². The van der Waals surface area contributed by atoms with E-state index < -0.39 is 0 Å². The van der Waals surface area contributed by atoms with Crippen molar-refractivity contribution in [3.8, 4) is 5.75 Å². The summed E-state index contributed by atoms with van der Waals surface area (Å²) in [7, 11) is 0. The fourth-order valence-corrected chi connectivity index (χ4v) is 0.789. The van der Waals surface area contributed by atoms with Crippen LogP contribution in [0.25, 0.3) is 0 Å². The predicted molar refractivity (Wildman–Crippen MR) is 41.3 cm³/mol. The molecule has 1 aromatic rings. The first-order chi connectivity index (χ1) is 5.34. The smallest absolute Gasteiger partial charge is 0.239 e. The average molecular weight is 172 g/mol. The quantitative estimate of drug-likeness (QED) is 0.551. The zero-order valence-electron chi connectivity index (χ0n) is 5.58. The Morgan fingerprint density at radius 2 is 2.18 bits per heavy atom. The molecule has 11 heavy (non-hydrogen) atoms. The van der Waals surface area contributed by atoms with E-state index in [4.69, 9.17) is 16.4 Å². The molecule has 0 unspecified atom stereocenters. The van der Waals surface area contributed by atoms with Crippen molar-refractivity contribution < 1.29 is 9.63 Å². The summed E-state index contributed by atoms with van der Waals surface area (Å²) >= 11 is 5.68. The minimum atomic E-state index is 0.432. The SMILES string of the molecule is O=CNOc1ccccc1Cl. The lowest BCUT2D eigenvalue weighted by Crippen LogP contribution is -2.15. The first-order valence-electron chi connectivity index (χ1n) is 2.95. The second-order valence-corrected chi connectivity index (χ2v) is 2.18. The first-order valence-corrected chi connectivity index (χ1v) is 3.33. The molecule has 3 nitrogen and oxygen atoms in total. The van der Waals surface area contributed by atoms with Gasteiger partial charge in [-0.3, -0.25) is 4.79 Å². The molecule has 0 aromatic heterocycles. The van der Waals surface area contributed by atoms with E-state index in [1.807, 2.05) is 5.48 Å². The molecule has 0 spiro atoms. The zero-order valence-corrected chi connectivity index (χ0v) is 6.34. The Bertz CT molecular complexity index is 252. The third kappa shape index (κ3) is 2.13. The maximum absolute atomic E-state index is 9.81. The van der Waals surface area contributed by atoms with Crippen LogP contribution in [0.3, 0.4) is 0 Å². The molecule has 0 atom stereocenters. The molecule has 0 saturated carbocycles. The molecule has 0 bridgehead atoms. The van der Waals surface area contributed by atoms with Gasteiger partial charge in [0.25, 0.3) is 0 Å². The molecule has 1 rings (SSSR count). The van der Waals surface area contributed by atoms with Crippen molar-refractivity contribution in [2.75, 3.05) is 0 Å². The Morgan fingerprint density at radius 1 is 1.45 bits per heavy atom. The van der Waals surface area contributed by atoms with E-state index in [1.54, 1.807) is 24.3 Å². The molecule has 0 fully saturated rings. The van der Waals surface area contributed by atoms with Crippen LogP contribution >= 0.6 is 11.6 Å². The van der Waals surface area contributed by atoms with E-state index in [0.717, 1.165) is 0 Å². The van der Waals surface area contributed by atoms with Crippen molar-refractivity contribution >= 4 is 18.0 Å². The molecular formula is C7H6ClNO2. The van der Waals surface area contributed by atoms with Crippen LogP contribution in [-0.4, -0.2) is 6.41 Å². The van der Waals surface area contributed by atoms with Crippen LogP contribution in [-0.2, 0) is 4.79 Å². The Balaban J connectivity index is 2.69. The van der Waals surface area contributed by atoms with Crippen molar-refractivity contribution in [1.29, 1.82) is 0 Å². The molecule has 4 heteroatoms. The van der Waals surface area contributed by atoms with Crippen molar-refractivity contribution in [2.24, 2.45) is 0 Å². The number of para-hydroxylation sites is 1. The maximum atomic E-state index is 9.81.